The molecule has 5 saturated heterocycles. The van der Waals surface area contributed by atoms with E-state index < -0.39 is 270 Å². The van der Waals surface area contributed by atoms with Gasteiger partial charge in [0.1, 0.15) is 153 Å². The Morgan fingerprint density at radius 3 is 1.02 bits per heavy atom. The van der Waals surface area contributed by atoms with E-state index in [0.717, 1.165) is 0 Å². The van der Waals surface area contributed by atoms with Crippen molar-refractivity contribution in [3.8, 4) is 0 Å². The smallest absolute Gasteiger partial charge is 0.249 e. The summed E-state index contributed by atoms with van der Waals surface area (Å²) in [5, 5.41) is 197. The van der Waals surface area contributed by atoms with Gasteiger partial charge in [-0.1, -0.05) is 33.6 Å². The standard InChI is InChI=1S/C22H42N4O12.C18H35N3O10.C17H33N3O9/c1-2-3-9(28)20(34)26-8-4-7(24)18(37-21-12(25)16(32)15(31)11(6-27)36-21)19(13(8)29)38-22-17(33)14(30)10(5-23)35-22;1-5-2-6(20)15(30-17-9(21)13(26)12(25)8(4-22)29-17)16(10(5)23)31-18-14(27)11(24)7(3-19)28-18;1-2-3-8(22)16(27)20-7-4-6(18)15(14(26)11(7)23)29-17-10(19)13(25)12(24)9(5-21)28-17/h7-19,21-22,27-33H,2-6,23-25H2,1H3,(H,26,34);5-18,22-27H,2-4,19-21H2,1H3;6-15,17,21-26H,2-5,18-19H2,1H3,(H,20,27)/t7?,8-,9+,10-,11?,12?,13?,14+,15-,16-,17?,18-,19-,21-,22+;5-,6?,7-,8?,9?,10?,11+,12-,13-,14?,15-,16-,17-,18+;6?,7-,8+,9?,10?,11?,12-,13-,14-,15-,17-/m111/s1. The molecule has 14 unspecified atom stereocenters. The minimum absolute atomic E-state index is 0.0318. The first-order chi connectivity index (χ1) is 46.2. The molecule has 5 heterocycles. The van der Waals surface area contributed by atoms with Gasteiger partial charge in [-0.25, -0.2) is 0 Å². The second-order valence-electron chi connectivity index (χ2n) is 26.4. The molecule has 41 heteroatoms. The number of nitrogens with two attached hydrogens (primary N) is 8. The predicted molar refractivity (Wildman–Crippen MR) is 328 cm³/mol. The van der Waals surface area contributed by atoms with Crippen LogP contribution < -0.4 is 56.5 Å². The van der Waals surface area contributed by atoms with E-state index in [-0.39, 0.29) is 44.7 Å². The molecule has 8 fully saturated rings. The van der Waals surface area contributed by atoms with Crippen molar-refractivity contribution in [3.63, 3.8) is 0 Å². The molecule has 37 N–H and O–H groups in total. The Kier molecular flexibility index (Phi) is 32.7. The molecule has 2 amide bonds. The summed E-state index contributed by atoms with van der Waals surface area (Å²) in [4.78, 5) is 24.5. The van der Waals surface area contributed by atoms with E-state index in [2.05, 4.69) is 10.6 Å². The molecule has 3 saturated carbocycles. The van der Waals surface area contributed by atoms with Gasteiger partial charge in [0.25, 0.3) is 0 Å². The minimum Gasteiger partial charge on any atom is -0.394 e. The van der Waals surface area contributed by atoms with E-state index in [4.69, 9.17) is 93.2 Å². The highest BCUT2D eigenvalue weighted by atomic mass is 16.8. The van der Waals surface area contributed by atoms with E-state index in [9.17, 15) is 107 Å². The fraction of sp³-hybridized carbons (Fsp3) is 0.965. The number of nitrogens with one attached hydrogen (secondary N) is 2. The number of carbonyl (C=O) groups is 2. The van der Waals surface area contributed by atoms with Crippen molar-refractivity contribution in [3.05, 3.63) is 0 Å². The SMILES string of the molecule is CCC[C@H](O)C(=O)N[C@@H]1CC(N)[C@@H](O[C@H]2OC(CO)[C@@H](O)[C@H](O)C2N)[C@H](O)C1O.CCC[C@H](O)C(=O)N[C@@H]1CC(N)[C@@H](O[C@H]2OC(CO)[C@@H](O)[C@H](O)C2N)[C@H](O[C@@H]2O[C@H](CN)[C@H](O)C2O)C1O.C[C@@H]1CC(N)[C@@H](O[C@H]2OC(CO)[C@@H](O)[C@H](O)C2N)[C@H](O[C@@H]2O[C@H](CN)[C@H](O)C2O)C1O. The Balaban J connectivity index is 0.000000235. The lowest BCUT2D eigenvalue weighted by molar-refractivity contribution is -0.312. The molecule has 0 radical (unpaired) electrons. The summed E-state index contributed by atoms with van der Waals surface area (Å²) in [6.45, 7) is 3.36. The average Bonchev–Trinajstić information content (AvgIpc) is 0.916. The van der Waals surface area contributed by atoms with E-state index in [1.165, 1.54) is 0 Å². The third kappa shape index (κ3) is 19.7. The van der Waals surface area contributed by atoms with Crippen molar-refractivity contribution in [2.75, 3.05) is 32.9 Å². The van der Waals surface area contributed by atoms with Gasteiger partial charge in [-0.3, -0.25) is 9.59 Å². The molecular formula is C57H110N10O31. The lowest BCUT2D eigenvalue weighted by Gasteiger charge is -2.47. The number of hydrogen-bond donors (Lipinski definition) is 29. The molecule has 5 aliphatic heterocycles. The van der Waals surface area contributed by atoms with Gasteiger partial charge in [-0.15, -0.1) is 0 Å². The first-order valence-electron chi connectivity index (χ1n) is 33.0. The average molecular weight is 1430 g/mol. The molecule has 3 aliphatic carbocycles. The Morgan fingerprint density at radius 1 is 0.388 bits per heavy atom. The first-order valence-corrected chi connectivity index (χ1v) is 33.0. The van der Waals surface area contributed by atoms with Crippen LogP contribution in [0.4, 0.5) is 0 Å². The zero-order valence-corrected chi connectivity index (χ0v) is 54.6. The van der Waals surface area contributed by atoms with Gasteiger partial charge < -0.3 is 201 Å². The Morgan fingerprint density at radius 2 is 0.684 bits per heavy atom. The number of aliphatic hydroxyl groups is 19. The van der Waals surface area contributed by atoms with Crippen LogP contribution in [-0.4, -0.2) is 380 Å². The van der Waals surface area contributed by atoms with E-state index in [1.807, 2.05) is 6.92 Å². The molecule has 40 atom stereocenters. The summed E-state index contributed by atoms with van der Waals surface area (Å²) in [6, 6.07) is -8.02. The number of aliphatic hydroxyl groups excluding tert-OH is 19. The van der Waals surface area contributed by atoms with Gasteiger partial charge in [-0.05, 0) is 38.0 Å². The molecule has 0 aromatic heterocycles. The maximum absolute atomic E-state index is 12.5. The molecular weight excluding hydrogens is 1320 g/mol. The predicted octanol–water partition coefficient (Wildman–Crippen LogP) is -16.4. The topological polar surface area (TPSA) is 743 Å². The molecule has 98 heavy (non-hydrogen) atoms. The fourth-order valence-corrected chi connectivity index (χ4v) is 13.0. The van der Waals surface area contributed by atoms with Crippen molar-refractivity contribution >= 4 is 11.8 Å². The summed E-state index contributed by atoms with van der Waals surface area (Å²) < 4.78 is 56.4. The van der Waals surface area contributed by atoms with E-state index >= 15 is 0 Å². The molecule has 574 valence electrons. The van der Waals surface area contributed by atoms with Crippen molar-refractivity contribution in [1.29, 1.82) is 0 Å². The monoisotopic (exact) mass is 1430 g/mol. The third-order valence-corrected chi connectivity index (χ3v) is 19.1. The molecule has 0 bridgehead atoms. The van der Waals surface area contributed by atoms with Gasteiger partial charge in [0, 0.05) is 31.2 Å². The highest BCUT2D eigenvalue weighted by Gasteiger charge is 2.56. The van der Waals surface area contributed by atoms with Crippen LogP contribution in [0.5, 0.6) is 0 Å². The zero-order chi connectivity index (χ0) is 73.2. The maximum Gasteiger partial charge on any atom is 0.249 e. The summed E-state index contributed by atoms with van der Waals surface area (Å²) in [7, 11) is 0. The summed E-state index contributed by atoms with van der Waals surface area (Å²) in [6.07, 6.45) is -38.4. The lowest BCUT2D eigenvalue weighted by Crippen LogP contribution is -2.69. The van der Waals surface area contributed by atoms with Crippen molar-refractivity contribution in [2.45, 2.75) is 304 Å². The zero-order valence-electron chi connectivity index (χ0n) is 54.6. The normalized spacial score (nSPS) is 48.1. The summed E-state index contributed by atoms with van der Waals surface area (Å²) in [5.74, 6) is -1.68. The summed E-state index contributed by atoms with van der Waals surface area (Å²) in [5.41, 5.74) is 47.5. The quantitative estimate of drug-likeness (QED) is 0.0452. The van der Waals surface area contributed by atoms with Gasteiger partial charge in [0.05, 0.1) is 56.1 Å². The number of amides is 2. The third-order valence-electron chi connectivity index (χ3n) is 19.1. The van der Waals surface area contributed by atoms with E-state index in [0.29, 0.717) is 19.3 Å². The molecule has 8 rings (SSSR count). The maximum atomic E-state index is 12.5. The Bertz CT molecular complexity index is 2390. The lowest BCUT2D eigenvalue weighted by atomic mass is 9.80. The van der Waals surface area contributed by atoms with Crippen LogP contribution in [0.2, 0.25) is 0 Å². The Labute approximate surface area is 564 Å². The van der Waals surface area contributed by atoms with Crippen LogP contribution in [-0.2, 0) is 57.0 Å². The van der Waals surface area contributed by atoms with Crippen LogP contribution >= 0.6 is 0 Å². The second kappa shape index (κ2) is 37.9. The van der Waals surface area contributed by atoms with Gasteiger partial charge >= 0.3 is 0 Å². The van der Waals surface area contributed by atoms with Crippen molar-refractivity contribution in [2.24, 2.45) is 51.8 Å². The van der Waals surface area contributed by atoms with Gasteiger partial charge in [-0.2, -0.15) is 0 Å². The highest BCUT2D eigenvalue weighted by Crippen LogP contribution is 2.37. The Hall–Kier alpha value is -2.54. The van der Waals surface area contributed by atoms with E-state index in [1.54, 1.807) is 13.8 Å². The number of hydrogen-bond acceptors (Lipinski definition) is 39. The molecule has 0 spiro atoms. The molecule has 0 aromatic rings. The van der Waals surface area contributed by atoms with Crippen molar-refractivity contribution in [1.82, 2.24) is 10.6 Å². The van der Waals surface area contributed by atoms with Crippen LogP contribution in [0.3, 0.4) is 0 Å². The van der Waals surface area contributed by atoms with Gasteiger partial charge in [0.2, 0.25) is 11.8 Å². The van der Waals surface area contributed by atoms with Crippen molar-refractivity contribution < 1.29 is 154 Å². The van der Waals surface area contributed by atoms with Crippen LogP contribution in [0.15, 0.2) is 0 Å². The number of ether oxygens (including phenoxy) is 10. The van der Waals surface area contributed by atoms with Crippen LogP contribution in [0.25, 0.3) is 0 Å². The largest absolute Gasteiger partial charge is 0.394 e. The first kappa shape index (κ1) is 84.4. The molecule has 41 nitrogen and oxygen atoms in total. The van der Waals surface area contributed by atoms with Crippen LogP contribution in [0.1, 0.15) is 65.7 Å². The molecule has 8 aliphatic rings. The highest BCUT2D eigenvalue weighted by molar-refractivity contribution is 5.81. The van der Waals surface area contributed by atoms with Gasteiger partial charge in [0.15, 0.2) is 31.5 Å². The number of carbonyl (C=O) groups excluding carboxylic acids is 2. The fourth-order valence-electron chi connectivity index (χ4n) is 13.0. The number of rotatable bonds is 23. The van der Waals surface area contributed by atoms with Crippen LogP contribution in [0, 0.1) is 5.92 Å². The molecule has 0 aromatic carbocycles. The summed E-state index contributed by atoms with van der Waals surface area (Å²) >= 11 is 0. The second-order valence-corrected chi connectivity index (χ2v) is 26.4. The minimum atomic E-state index is -1.54.